The highest BCUT2D eigenvalue weighted by Crippen LogP contribution is 2.34. The molecule has 128 valence electrons. The molecule has 5 nitrogen and oxygen atoms in total. The maximum Gasteiger partial charge on any atom is 0.222 e. The van der Waals surface area contributed by atoms with Crippen molar-refractivity contribution in [2.24, 2.45) is 17.8 Å². The SMILES string of the molecule is CC(C)CC(=O)N1CC[C@H]2CN(CC(C)C)S(=O)(=O)[C@H]2CC1. The number of amides is 1. The van der Waals surface area contributed by atoms with Gasteiger partial charge in [-0.3, -0.25) is 4.79 Å². The lowest BCUT2D eigenvalue weighted by molar-refractivity contribution is -0.131. The van der Waals surface area contributed by atoms with Crippen molar-refractivity contribution >= 4 is 15.9 Å². The third kappa shape index (κ3) is 3.82. The van der Waals surface area contributed by atoms with Crippen LogP contribution in [-0.2, 0) is 14.8 Å². The van der Waals surface area contributed by atoms with Crippen molar-refractivity contribution in [1.29, 1.82) is 0 Å². The number of hydrogen-bond donors (Lipinski definition) is 0. The van der Waals surface area contributed by atoms with Gasteiger partial charge in [-0.05, 0) is 30.6 Å². The molecule has 2 saturated heterocycles. The first-order chi connectivity index (χ1) is 10.2. The van der Waals surface area contributed by atoms with Crippen molar-refractivity contribution in [3.05, 3.63) is 0 Å². The average molecular weight is 330 g/mol. The summed E-state index contributed by atoms with van der Waals surface area (Å²) in [4.78, 5) is 14.1. The summed E-state index contributed by atoms with van der Waals surface area (Å²) in [5.74, 6) is 1.05. The maximum atomic E-state index is 12.7. The number of fused-ring (bicyclic) bond motifs is 1. The fraction of sp³-hybridized carbons (Fsp3) is 0.938. The fourth-order valence-electron chi connectivity index (χ4n) is 3.61. The zero-order valence-corrected chi connectivity index (χ0v) is 15.1. The van der Waals surface area contributed by atoms with E-state index in [1.54, 1.807) is 4.31 Å². The Bertz CT molecular complexity index is 502. The van der Waals surface area contributed by atoms with Gasteiger partial charge in [-0.1, -0.05) is 27.7 Å². The molecular weight excluding hydrogens is 300 g/mol. The molecule has 0 spiro atoms. The molecule has 0 aliphatic carbocycles. The number of carbonyl (C=O) groups excluding carboxylic acids is 1. The third-order valence-corrected chi connectivity index (χ3v) is 7.07. The largest absolute Gasteiger partial charge is 0.343 e. The predicted molar refractivity (Wildman–Crippen MR) is 87.9 cm³/mol. The van der Waals surface area contributed by atoms with Gasteiger partial charge in [0, 0.05) is 32.6 Å². The minimum atomic E-state index is -3.18. The van der Waals surface area contributed by atoms with Crippen LogP contribution in [0.3, 0.4) is 0 Å². The van der Waals surface area contributed by atoms with E-state index < -0.39 is 10.0 Å². The summed E-state index contributed by atoms with van der Waals surface area (Å²) in [6.45, 7) is 10.7. The van der Waals surface area contributed by atoms with Gasteiger partial charge in [0.15, 0.2) is 0 Å². The molecule has 0 aromatic rings. The van der Waals surface area contributed by atoms with E-state index in [0.29, 0.717) is 50.9 Å². The van der Waals surface area contributed by atoms with E-state index in [4.69, 9.17) is 0 Å². The molecule has 0 unspecified atom stereocenters. The van der Waals surface area contributed by atoms with Gasteiger partial charge in [-0.25, -0.2) is 12.7 Å². The van der Waals surface area contributed by atoms with Crippen LogP contribution >= 0.6 is 0 Å². The molecular formula is C16H30N2O3S. The lowest BCUT2D eigenvalue weighted by Gasteiger charge is -2.23. The Hall–Kier alpha value is -0.620. The van der Waals surface area contributed by atoms with E-state index in [1.165, 1.54) is 0 Å². The van der Waals surface area contributed by atoms with Crippen molar-refractivity contribution in [2.45, 2.75) is 52.2 Å². The summed E-state index contributed by atoms with van der Waals surface area (Å²) >= 11 is 0. The molecule has 0 aromatic carbocycles. The highest BCUT2D eigenvalue weighted by molar-refractivity contribution is 7.90. The van der Waals surface area contributed by atoms with Gasteiger partial charge in [0.25, 0.3) is 0 Å². The molecule has 0 radical (unpaired) electrons. The van der Waals surface area contributed by atoms with Gasteiger partial charge in [-0.15, -0.1) is 0 Å². The highest BCUT2D eigenvalue weighted by atomic mass is 32.2. The van der Waals surface area contributed by atoms with Gasteiger partial charge >= 0.3 is 0 Å². The Morgan fingerprint density at radius 3 is 2.32 bits per heavy atom. The van der Waals surface area contributed by atoms with E-state index in [0.717, 1.165) is 6.42 Å². The second-order valence-corrected chi connectivity index (χ2v) is 9.76. The van der Waals surface area contributed by atoms with E-state index >= 15 is 0 Å². The summed E-state index contributed by atoms with van der Waals surface area (Å²) in [5, 5.41) is -0.289. The molecule has 22 heavy (non-hydrogen) atoms. The predicted octanol–water partition coefficient (Wildman–Crippen LogP) is 1.94. The smallest absolute Gasteiger partial charge is 0.222 e. The van der Waals surface area contributed by atoms with Crippen molar-refractivity contribution < 1.29 is 13.2 Å². The van der Waals surface area contributed by atoms with Crippen LogP contribution in [0.4, 0.5) is 0 Å². The highest BCUT2D eigenvalue weighted by Gasteiger charge is 2.47. The second kappa shape index (κ2) is 6.87. The summed E-state index contributed by atoms with van der Waals surface area (Å²) in [5.41, 5.74) is 0. The summed E-state index contributed by atoms with van der Waals surface area (Å²) in [6, 6.07) is 0. The minimum absolute atomic E-state index is 0.173. The van der Waals surface area contributed by atoms with Crippen LogP contribution in [0.5, 0.6) is 0 Å². The number of hydrogen-bond acceptors (Lipinski definition) is 3. The Balaban J connectivity index is 2.03. The molecule has 2 atom stereocenters. The van der Waals surface area contributed by atoms with Gasteiger partial charge in [0.05, 0.1) is 5.25 Å². The zero-order valence-electron chi connectivity index (χ0n) is 14.3. The zero-order chi connectivity index (χ0) is 16.5. The Morgan fingerprint density at radius 1 is 1.09 bits per heavy atom. The lowest BCUT2D eigenvalue weighted by atomic mass is 10.0. The van der Waals surface area contributed by atoms with Gasteiger partial charge in [0.2, 0.25) is 15.9 Å². The van der Waals surface area contributed by atoms with Crippen LogP contribution in [0.2, 0.25) is 0 Å². The minimum Gasteiger partial charge on any atom is -0.343 e. The van der Waals surface area contributed by atoms with Crippen LogP contribution in [0.1, 0.15) is 47.0 Å². The third-order valence-electron chi connectivity index (χ3n) is 4.66. The molecule has 1 amide bonds. The van der Waals surface area contributed by atoms with E-state index in [-0.39, 0.29) is 17.1 Å². The maximum absolute atomic E-state index is 12.7. The molecule has 2 aliphatic heterocycles. The molecule has 0 N–H and O–H groups in total. The monoisotopic (exact) mass is 330 g/mol. The van der Waals surface area contributed by atoms with Gasteiger partial charge < -0.3 is 4.90 Å². The Morgan fingerprint density at radius 2 is 1.73 bits per heavy atom. The molecule has 2 rings (SSSR count). The van der Waals surface area contributed by atoms with Crippen LogP contribution in [0.25, 0.3) is 0 Å². The first kappa shape index (κ1) is 17.7. The number of nitrogens with zero attached hydrogens (tertiary/aromatic N) is 2. The molecule has 0 saturated carbocycles. The van der Waals surface area contributed by atoms with E-state index in [2.05, 4.69) is 13.8 Å². The fourth-order valence-corrected chi connectivity index (χ4v) is 6.01. The molecule has 2 fully saturated rings. The van der Waals surface area contributed by atoms with Crippen molar-refractivity contribution in [2.75, 3.05) is 26.2 Å². The normalized spacial score (nSPS) is 28.9. The first-order valence-electron chi connectivity index (χ1n) is 8.48. The van der Waals surface area contributed by atoms with Crippen LogP contribution < -0.4 is 0 Å². The topological polar surface area (TPSA) is 57.7 Å². The standard InChI is InChI=1S/C16H30N2O3S/c1-12(2)9-16(19)17-7-5-14-11-18(10-13(3)4)22(20,21)15(14)6-8-17/h12-15H,5-11H2,1-4H3/t14-,15-/m0/s1. The van der Waals surface area contributed by atoms with Crippen LogP contribution in [-0.4, -0.2) is 55.0 Å². The van der Waals surface area contributed by atoms with Gasteiger partial charge in [0.1, 0.15) is 0 Å². The second-order valence-electron chi connectivity index (χ2n) is 7.61. The summed E-state index contributed by atoms with van der Waals surface area (Å²) < 4.78 is 27.1. The van der Waals surface area contributed by atoms with Crippen molar-refractivity contribution in [1.82, 2.24) is 9.21 Å². The number of rotatable bonds is 4. The molecule has 6 heteroatoms. The molecule has 0 bridgehead atoms. The first-order valence-corrected chi connectivity index (χ1v) is 9.99. The van der Waals surface area contributed by atoms with Crippen LogP contribution in [0.15, 0.2) is 0 Å². The van der Waals surface area contributed by atoms with Gasteiger partial charge in [-0.2, -0.15) is 0 Å². The average Bonchev–Trinajstić information content (AvgIpc) is 2.54. The van der Waals surface area contributed by atoms with E-state index in [1.807, 2.05) is 18.7 Å². The lowest BCUT2D eigenvalue weighted by Crippen LogP contribution is -2.36. The molecule has 2 aliphatic rings. The quantitative estimate of drug-likeness (QED) is 0.791. The van der Waals surface area contributed by atoms with E-state index in [9.17, 15) is 13.2 Å². The summed E-state index contributed by atoms with van der Waals surface area (Å²) in [6.07, 6.45) is 1.95. The Kier molecular flexibility index (Phi) is 5.54. The van der Waals surface area contributed by atoms with Crippen molar-refractivity contribution in [3.63, 3.8) is 0 Å². The summed E-state index contributed by atoms with van der Waals surface area (Å²) in [7, 11) is -3.18. The number of likely N-dealkylation sites (tertiary alicyclic amines) is 1. The van der Waals surface area contributed by atoms with Crippen molar-refractivity contribution in [3.8, 4) is 0 Å². The number of sulfonamides is 1. The molecule has 0 aromatic heterocycles. The van der Waals surface area contributed by atoms with Crippen LogP contribution in [0, 0.1) is 17.8 Å². The number of carbonyl (C=O) groups is 1. The molecule has 2 heterocycles. The Labute approximate surface area is 135 Å².